The molecule has 1 rings (SSSR count). The second-order valence-corrected chi connectivity index (χ2v) is 2.70. The van der Waals surface area contributed by atoms with Crippen molar-refractivity contribution >= 4 is 23.9 Å². The summed E-state index contributed by atoms with van der Waals surface area (Å²) in [7, 11) is 0. The zero-order valence-corrected chi connectivity index (χ0v) is 8.47. The molecule has 0 saturated heterocycles. The van der Waals surface area contributed by atoms with Crippen LogP contribution in [0.15, 0.2) is 17.1 Å². The summed E-state index contributed by atoms with van der Waals surface area (Å²) in [4.78, 5) is 3.60. The standard InChI is InChI=1S/C10H7F2NOS/c1-2-3-14-9-5-7(11)4-8(12)10(9)13-6-15/h1,4-6H,3H2,(H,13,15). The summed E-state index contributed by atoms with van der Waals surface area (Å²) in [6, 6.07) is 1.72. The highest BCUT2D eigenvalue weighted by Gasteiger charge is 2.11. The van der Waals surface area contributed by atoms with Crippen LogP contribution in [0, 0.1) is 24.0 Å². The molecule has 0 spiro atoms. The van der Waals surface area contributed by atoms with Crippen LogP contribution in [0.2, 0.25) is 0 Å². The fourth-order valence-electron chi connectivity index (χ4n) is 0.955. The van der Waals surface area contributed by atoms with Crippen LogP contribution < -0.4 is 4.74 Å². The van der Waals surface area contributed by atoms with Gasteiger partial charge in [-0.3, -0.25) is 0 Å². The van der Waals surface area contributed by atoms with Gasteiger partial charge in [-0.15, -0.1) is 19.1 Å². The first-order valence-corrected chi connectivity index (χ1v) is 4.42. The average molecular weight is 227 g/mol. The summed E-state index contributed by atoms with van der Waals surface area (Å²) in [5, 5.41) is 0. The third-order valence-electron chi connectivity index (χ3n) is 1.49. The number of aliphatic imine (C=N–C) groups is 1. The molecule has 1 aromatic rings. The van der Waals surface area contributed by atoms with Gasteiger partial charge in [-0.25, -0.2) is 13.8 Å². The number of thiol groups is 1. The van der Waals surface area contributed by atoms with Gasteiger partial charge in [0.2, 0.25) is 0 Å². The first kappa shape index (κ1) is 11.5. The molecule has 0 aromatic heterocycles. The molecule has 0 N–H and O–H groups in total. The van der Waals surface area contributed by atoms with Gasteiger partial charge in [0.05, 0.1) is 5.55 Å². The minimum absolute atomic E-state index is 0.0456. The summed E-state index contributed by atoms with van der Waals surface area (Å²) in [5.41, 5.74) is 0.959. The van der Waals surface area contributed by atoms with Gasteiger partial charge in [0.25, 0.3) is 0 Å². The molecule has 0 radical (unpaired) electrons. The number of terminal acetylenes is 1. The van der Waals surface area contributed by atoms with E-state index in [2.05, 4.69) is 23.5 Å². The first-order valence-electron chi connectivity index (χ1n) is 3.91. The van der Waals surface area contributed by atoms with Crippen molar-refractivity contribution < 1.29 is 13.5 Å². The maximum atomic E-state index is 13.2. The second kappa shape index (κ2) is 5.37. The molecule has 0 fully saturated rings. The lowest BCUT2D eigenvalue weighted by atomic mass is 10.2. The normalized spacial score (nSPS) is 10.3. The number of benzene rings is 1. The number of ether oxygens (including phenoxy) is 1. The van der Waals surface area contributed by atoms with Crippen LogP contribution in [0.3, 0.4) is 0 Å². The van der Waals surface area contributed by atoms with Crippen molar-refractivity contribution in [3.8, 4) is 18.1 Å². The van der Waals surface area contributed by atoms with E-state index in [0.717, 1.165) is 11.6 Å². The molecular formula is C10H7F2NOS. The molecule has 78 valence electrons. The van der Waals surface area contributed by atoms with Gasteiger partial charge in [-0.05, 0) is 0 Å². The van der Waals surface area contributed by atoms with Gasteiger partial charge in [0.1, 0.15) is 18.1 Å². The molecule has 5 heteroatoms. The lowest BCUT2D eigenvalue weighted by Gasteiger charge is -2.06. The molecule has 0 heterocycles. The Morgan fingerprint density at radius 1 is 1.53 bits per heavy atom. The largest absolute Gasteiger partial charge is 0.478 e. The van der Waals surface area contributed by atoms with Gasteiger partial charge in [0.15, 0.2) is 11.6 Å². The quantitative estimate of drug-likeness (QED) is 0.364. The molecule has 0 aliphatic carbocycles. The third kappa shape index (κ3) is 2.96. The highest BCUT2D eigenvalue weighted by atomic mass is 32.1. The predicted molar refractivity (Wildman–Crippen MR) is 57.8 cm³/mol. The fraction of sp³-hybridized carbons (Fsp3) is 0.100. The molecule has 1 aromatic carbocycles. The van der Waals surface area contributed by atoms with Crippen LogP contribution in [0.1, 0.15) is 0 Å². The van der Waals surface area contributed by atoms with E-state index in [1.165, 1.54) is 0 Å². The van der Waals surface area contributed by atoms with E-state index in [9.17, 15) is 8.78 Å². The van der Waals surface area contributed by atoms with Gasteiger partial charge >= 0.3 is 0 Å². The maximum absolute atomic E-state index is 13.2. The highest BCUT2D eigenvalue weighted by Crippen LogP contribution is 2.31. The Morgan fingerprint density at radius 2 is 2.27 bits per heavy atom. The first-order chi connectivity index (χ1) is 7.19. The Kier molecular flexibility index (Phi) is 4.13. The van der Waals surface area contributed by atoms with Crippen LogP contribution in [-0.2, 0) is 0 Å². The molecular weight excluding hydrogens is 220 g/mol. The van der Waals surface area contributed by atoms with Gasteiger partial charge in [-0.1, -0.05) is 5.92 Å². The summed E-state index contributed by atoms with van der Waals surface area (Å²) >= 11 is 3.70. The molecule has 15 heavy (non-hydrogen) atoms. The number of rotatable bonds is 3. The molecule has 0 atom stereocenters. The van der Waals surface area contributed by atoms with Crippen molar-refractivity contribution in [2.24, 2.45) is 4.99 Å². The molecule has 0 unspecified atom stereocenters. The number of nitrogens with zero attached hydrogens (tertiary/aromatic N) is 1. The monoisotopic (exact) mass is 227 g/mol. The van der Waals surface area contributed by atoms with E-state index in [4.69, 9.17) is 11.2 Å². The van der Waals surface area contributed by atoms with E-state index < -0.39 is 11.6 Å². The minimum Gasteiger partial charge on any atom is -0.478 e. The summed E-state index contributed by atoms with van der Waals surface area (Å²) in [5.74, 6) is 0.562. The molecule has 0 bridgehead atoms. The van der Waals surface area contributed by atoms with E-state index in [1.54, 1.807) is 0 Å². The number of hydrogen-bond acceptors (Lipinski definition) is 2. The van der Waals surface area contributed by atoms with Crippen molar-refractivity contribution in [2.75, 3.05) is 6.61 Å². The minimum atomic E-state index is -0.827. The Bertz CT molecular complexity index is 426. The Morgan fingerprint density at radius 3 is 2.87 bits per heavy atom. The van der Waals surface area contributed by atoms with E-state index in [1.807, 2.05) is 0 Å². The molecule has 0 aliphatic rings. The molecule has 0 aliphatic heterocycles. The summed E-state index contributed by atoms with van der Waals surface area (Å²) in [6.07, 6.45) is 4.96. The number of halogens is 2. The lowest BCUT2D eigenvalue weighted by molar-refractivity contribution is 0.366. The van der Waals surface area contributed by atoms with Crippen LogP contribution in [0.5, 0.6) is 5.75 Å². The predicted octanol–water partition coefficient (Wildman–Crippen LogP) is 2.57. The van der Waals surface area contributed by atoms with Crippen molar-refractivity contribution in [3.05, 3.63) is 23.8 Å². The number of hydrogen-bond donors (Lipinski definition) is 1. The topological polar surface area (TPSA) is 21.6 Å². The fourth-order valence-corrected chi connectivity index (χ4v) is 1.07. The third-order valence-corrected chi connectivity index (χ3v) is 1.61. The van der Waals surface area contributed by atoms with E-state index >= 15 is 0 Å². The lowest BCUT2D eigenvalue weighted by Crippen LogP contribution is -1.96. The van der Waals surface area contributed by atoms with Crippen LogP contribution in [0.4, 0.5) is 14.5 Å². The van der Waals surface area contributed by atoms with E-state index in [0.29, 0.717) is 6.07 Å². The zero-order chi connectivity index (χ0) is 11.3. The van der Waals surface area contributed by atoms with Crippen LogP contribution in [0.25, 0.3) is 0 Å². The molecule has 0 saturated carbocycles. The second-order valence-electron chi connectivity index (χ2n) is 2.47. The smallest absolute Gasteiger partial charge is 0.155 e. The SMILES string of the molecule is C#CCOc1cc(F)cc(F)c1/N=C/S. The van der Waals surface area contributed by atoms with Crippen LogP contribution in [-0.4, -0.2) is 12.2 Å². The van der Waals surface area contributed by atoms with Crippen LogP contribution >= 0.6 is 12.6 Å². The Hall–Kier alpha value is -1.54. The summed E-state index contributed by atoms with van der Waals surface area (Å²) in [6.45, 7) is -0.0853. The van der Waals surface area contributed by atoms with Crippen molar-refractivity contribution in [3.63, 3.8) is 0 Å². The van der Waals surface area contributed by atoms with E-state index in [-0.39, 0.29) is 18.0 Å². The van der Waals surface area contributed by atoms with Gasteiger partial charge < -0.3 is 4.74 Å². The molecule has 2 nitrogen and oxygen atoms in total. The molecule has 0 amide bonds. The average Bonchev–Trinajstić information content (AvgIpc) is 2.19. The van der Waals surface area contributed by atoms with Gasteiger partial charge in [0, 0.05) is 12.1 Å². The highest BCUT2D eigenvalue weighted by molar-refractivity contribution is 7.94. The Labute approximate surface area is 91.4 Å². The van der Waals surface area contributed by atoms with Crippen molar-refractivity contribution in [1.29, 1.82) is 0 Å². The van der Waals surface area contributed by atoms with Crippen molar-refractivity contribution in [2.45, 2.75) is 0 Å². The van der Waals surface area contributed by atoms with Crippen molar-refractivity contribution in [1.82, 2.24) is 0 Å². The maximum Gasteiger partial charge on any atom is 0.155 e. The zero-order valence-electron chi connectivity index (χ0n) is 7.58. The Balaban J connectivity index is 3.15. The summed E-state index contributed by atoms with van der Waals surface area (Å²) < 4.78 is 31.0. The van der Waals surface area contributed by atoms with Gasteiger partial charge in [-0.2, -0.15) is 0 Å².